The number of benzene rings is 1. The SMILES string of the molecule is CC(=O)N1CC(CI)c2ccccc21. The summed E-state index contributed by atoms with van der Waals surface area (Å²) in [7, 11) is 0. The molecule has 0 bridgehead atoms. The first kappa shape index (κ1) is 9.96. The van der Waals surface area contributed by atoms with Gasteiger partial charge in [-0.1, -0.05) is 40.8 Å². The Morgan fingerprint density at radius 1 is 1.57 bits per heavy atom. The van der Waals surface area contributed by atoms with Crippen LogP contribution in [0, 0.1) is 0 Å². The monoisotopic (exact) mass is 301 g/mol. The van der Waals surface area contributed by atoms with Crippen LogP contribution in [0.25, 0.3) is 0 Å². The normalized spacial score (nSPS) is 19.6. The molecule has 0 radical (unpaired) electrons. The van der Waals surface area contributed by atoms with Crippen molar-refractivity contribution in [1.29, 1.82) is 0 Å². The van der Waals surface area contributed by atoms with Crippen molar-refractivity contribution in [2.75, 3.05) is 15.9 Å². The van der Waals surface area contributed by atoms with Crippen LogP contribution in [0.1, 0.15) is 18.4 Å². The van der Waals surface area contributed by atoms with E-state index in [0.29, 0.717) is 5.92 Å². The van der Waals surface area contributed by atoms with Crippen LogP contribution in [0.3, 0.4) is 0 Å². The van der Waals surface area contributed by atoms with Gasteiger partial charge in [-0.05, 0) is 11.6 Å². The highest BCUT2D eigenvalue weighted by Crippen LogP contribution is 2.36. The van der Waals surface area contributed by atoms with Crippen LogP contribution >= 0.6 is 22.6 Å². The highest BCUT2D eigenvalue weighted by atomic mass is 127. The quantitative estimate of drug-likeness (QED) is 0.577. The molecule has 1 aliphatic rings. The summed E-state index contributed by atoms with van der Waals surface area (Å²) in [5, 5.41) is 0. The highest BCUT2D eigenvalue weighted by Gasteiger charge is 2.29. The minimum absolute atomic E-state index is 0.143. The molecule has 0 fully saturated rings. The van der Waals surface area contributed by atoms with Crippen LogP contribution in [0.2, 0.25) is 0 Å². The Labute approximate surface area is 97.4 Å². The summed E-state index contributed by atoms with van der Waals surface area (Å²) in [5.74, 6) is 0.653. The molecule has 14 heavy (non-hydrogen) atoms. The van der Waals surface area contributed by atoms with Gasteiger partial charge >= 0.3 is 0 Å². The number of anilines is 1. The molecule has 74 valence electrons. The van der Waals surface area contributed by atoms with Crippen molar-refractivity contribution >= 4 is 34.2 Å². The summed E-state index contributed by atoms with van der Waals surface area (Å²) in [6.07, 6.45) is 0. The predicted octanol–water partition coefficient (Wildman–Crippen LogP) is 2.57. The van der Waals surface area contributed by atoms with E-state index in [1.807, 2.05) is 23.1 Å². The van der Waals surface area contributed by atoms with E-state index in [0.717, 1.165) is 16.7 Å². The number of nitrogens with zero attached hydrogens (tertiary/aromatic N) is 1. The molecule has 1 amide bonds. The third-order valence-electron chi connectivity index (χ3n) is 2.64. The minimum atomic E-state index is 0.143. The van der Waals surface area contributed by atoms with Gasteiger partial charge in [-0.25, -0.2) is 0 Å². The van der Waals surface area contributed by atoms with E-state index in [9.17, 15) is 4.79 Å². The van der Waals surface area contributed by atoms with Gasteiger partial charge in [-0.3, -0.25) is 4.79 Å². The number of hydrogen-bond donors (Lipinski definition) is 0. The summed E-state index contributed by atoms with van der Waals surface area (Å²) in [4.78, 5) is 13.3. The lowest BCUT2D eigenvalue weighted by molar-refractivity contribution is -0.116. The molecule has 1 aromatic rings. The van der Waals surface area contributed by atoms with E-state index < -0.39 is 0 Å². The number of carbonyl (C=O) groups is 1. The third kappa shape index (κ3) is 1.54. The molecule has 1 atom stereocenters. The van der Waals surface area contributed by atoms with Gasteiger partial charge in [-0.2, -0.15) is 0 Å². The molecular formula is C11H12INO. The molecule has 0 aromatic heterocycles. The fraction of sp³-hybridized carbons (Fsp3) is 0.364. The smallest absolute Gasteiger partial charge is 0.223 e. The van der Waals surface area contributed by atoms with Crippen molar-refractivity contribution in [1.82, 2.24) is 0 Å². The van der Waals surface area contributed by atoms with Crippen LogP contribution in [0.15, 0.2) is 24.3 Å². The van der Waals surface area contributed by atoms with Gasteiger partial charge in [0.2, 0.25) is 5.91 Å². The molecule has 1 aromatic carbocycles. The summed E-state index contributed by atoms with van der Waals surface area (Å²) in [5.41, 5.74) is 2.42. The summed E-state index contributed by atoms with van der Waals surface area (Å²) in [6, 6.07) is 8.19. The number of halogens is 1. The summed E-state index contributed by atoms with van der Waals surface area (Å²) in [6.45, 7) is 2.48. The molecule has 1 unspecified atom stereocenters. The van der Waals surface area contributed by atoms with E-state index in [1.165, 1.54) is 5.56 Å². The molecule has 0 N–H and O–H groups in total. The van der Waals surface area contributed by atoms with Crippen molar-refractivity contribution in [2.45, 2.75) is 12.8 Å². The maximum Gasteiger partial charge on any atom is 0.223 e. The molecule has 2 rings (SSSR count). The lowest BCUT2D eigenvalue weighted by atomic mass is 10.0. The Balaban J connectivity index is 2.43. The second-order valence-corrected chi connectivity index (χ2v) is 4.42. The largest absolute Gasteiger partial charge is 0.312 e. The third-order valence-corrected chi connectivity index (χ3v) is 3.70. The van der Waals surface area contributed by atoms with Crippen molar-refractivity contribution in [3.05, 3.63) is 29.8 Å². The molecule has 0 saturated carbocycles. The standard InChI is InChI=1S/C11H12INO/c1-8(14)13-7-9(6-12)10-4-2-3-5-11(10)13/h2-5,9H,6-7H2,1H3. The Hall–Kier alpha value is -0.580. The zero-order valence-electron chi connectivity index (χ0n) is 8.03. The molecule has 2 nitrogen and oxygen atoms in total. The average Bonchev–Trinajstić information content (AvgIpc) is 2.56. The van der Waals surface area contributed by atoms with Crippen LogP contribution in [0.5, 0.6) is 0 Å². The molecule has 1 aliphatic heterocycles. The van der Waals surface area contributed by atoms with E-state index in [4.69, 9.17) is 0 Å². The summed E-state index contributed by atoms with van der Waals surface area (Å²) >= 11 is 2.38. The number of para-hydroxylation sites is 1. The van der Waals surface area contributed by atoms with E-state index in [-0.39, 0.29) is 5.91 Å². The van der Waals surface area contributed by atoms with Crippen molar-refractivity contribution in [2.24, 2.45) is 0 Å². The van der Waals surface area contributed by atoms with Crippen LogP contribution in [0.4, 0.5) is 5.69 Å². The molecule has 1 heterocycles. The number of hydrogen-bond acceptors (Lipinski definition) is 1. The molecular weight excluding hydrogens is 289 g/mol. The number of fused-ring (bicyclic) bond motifs is 1. The first-order chi connectivity index (χ1) is 6.74. The molecule has 3 heteroatoms. The Morgan fingerprint density at radius 2 is 2.29 bits per heavy atom. The second-order valence-electron chi connectivity index (χ2n) is 3.54. The molecule has 0 spiro atoms. The van der Waals surface area contributed by atoms with E-state index in [1.54, 1.807) is 6.92 Å². The van der Waals surface area contributed by atoms with Crippen LogP contribution in [-0.4, -0.2) is 16.9 Å². The van der Waals surface area contributed by atoms with Gasteiger partial charge in [0.1, 0.15) is 0 Å². The molecule has 0 saturated heterocycles. The zero-order valence-corrected chi connectivity index (χ0v) is 10.2. The van der Waals surface area contributed by atoms with E-state index >= 15 is 0 Å². The van der Waals surface area contributed by atoms with Gasteiger partial charge < -0.3 is 4.90 Å². The lowest BCUT2D eigenvalue weighted by Gasteiger charge is -2.14. The van der Waals surface area contributed by atoms with Crippen molar-refractivity contribution in [3.8, 4) is 0 Å². The maximum absolute atomic E-state index is 11.4. The summed E-state index contributed by atoms with van der Waals surface area (Å²) < 4.78 is 1.07. The van der Waals surface area contributed by atoms with Gasteiger partial charge in [0.25, 0.3) is 0 Å². The van der Waals surface area contributed by atoms with Crippen molar-refractivity contribution < 1.29 is 4.79 Å². The van der Waals surface area contributed by atoms with Crippen molar-refractivity contribution in [3.63, 3.8) is 0 Å². The highest BCUT2D eigenvalue weighted by molar-refractivity contribution is 14.1. The minimum Gasteiger partial charge on any atom is -0.312 e. The number of amides is 1. The van der Waals surface area contributed by atoms with E-state index in [2.05, 4.69) is 28.7 Å². The molecule has 0 aliphatic carbocycles. The fourth-order valence-corrected chi connectivity index (χ4v) is 2.68. The second kappa shape index (κ2) is 3.88. The lowest BCUT2D eigenvalue weighted by Crippen LogP contribution is -2.27. The Bertz CT molecular complexity index is 364. The van der Waals surface area contributed by atoms with Gasteiger partial charge in [0.05, 0.1) is 0 Å². The Kier molecular flexibility index (Phi) is 2.76. The Morgan fingerprint density at radius 3 is 2.93 bits per heavy atom. The van der Waals surface area contributed by atoms with Gasteiger partial charge in [0, 0.05) is 29.5 Å². The maximum atomic E-state index is 11.4. The van der Waals surface area contributed by atoms with Crippen LogP contribution in [-0.2, 0) is 4.79 Å². The van der Waals surface area contributed by atoms with Gasteiger partial charge in [-0.15, -0.1) is 0 Å². The first-order valence-corrected chi connectivity index (χ1v) is 6.19. The first-order valence-electron chi connectivity index (χ1n) is 4.67. The predicted molar refractivity (Wildman–Crippen MR) is 66.1 cm³/mol. The average molecular weight is 301 g/mol. The topological polar surface area (TPSA) is 20.3 Å². The number of rotatable bonds is 1. The fourth-order valence-electron chi connectivity index (χ4n) is 1.93. The number of alkyl halides is 1. The number of carbonyl (C=O) groups excluding carboxylic acids is 1. The zero-order chi connectivity index (χ0) is 10.1. The van der Waals surface area contributed by atoms with Crippen LogP contribution < -0.4 is 4.90 Å². The van der Waals surface area contributed by atoms with Gasteiger partial charge in [0.15, 0.2) is 0 Å².